The van der Waals surface area contributed by atoms with Crippen molar-refractivity contribution in [2.24, 2.45) is 0 Å². The molecular weight excluding hydrogens is 190 g/mol. The smallest absolute Gasteiger partial charge is 0.211 e. The average molecular weight is 207 g/mol. The maximum absolute atomic E-state index is 11.2. The maximum atomic E-state index is 11.2. The lowest BCUT2D eigenvalue weighted by molar-refractivity contribution is 0.0624. The van der Waals surface area contributed by atoms with Crippen LogP contribution in [0, 0.1) is 0 Å². The molecule has 1 rings (SSSR count). The zero-order chi connectivity index (χ0) is 10.1. The van der Waals surface area contributed by atoms with Gasteiger partial charge in [-0.05, 0) is 27.2 Å². The van der Waals surface area contributed by atoms with Crippen LogP contribution in [-0.4, -0.2) is 32.4 Å². The molecule has 0 spiro atoms. The first kappa shape index (κ1) is 10.9. The summed E-state index contributed by atoms with van der Waals surface area (Å²) in [6, 6.07) is -0.0556. The highest BCUT2D eigenvalue weighted by Gasteiger charge is 2.31. The van der Waals surface area contributed by atoms with Gasteiger partial charge in [-0.3, -0.25) is 0 Å². The molecule has 4 nitrogen and oxygen atoms in total. The van der Waals surface area contributed by atoms with E-state index in [9.17, 15) is 8.42 Å². The Balaban J connectivity index is 2.55. The molecule has 78 valence electrons. The number of ether oxygens (including phenoxy) is 1. The highest BCUT2D eigenvalue weighted by Crippen LogP contribution is 2.19. The Bertz CT molecular complexity index is 263. The lowest BCUT2D eigenvalue weighted by Crippen LogP contribution is -2.39. The van der Waals surface area contributed by atoms with E-state index in [1.54, 1.807) is 6.92 Å². The van der Waals surface area contributed by atoms with Crippen molar-refractivity contribution in [2.45, 2.75) is 45.4 Å². The van der Waals surface area contributed by atoms with Gasteiger partial charge in [0, 0.05) is 0 Å². The van der Waals surface area contributed by atoms with E-state index in [2.05, 4.69) is 4.72 Å². The standard InChI is InChI=1S/C8H17NO3S/c1-4-13(10,11)9-8-5-6(2)12-7(8)3/h6-9H,4-5H2,1-3H3. The van der Waals surface area contributed by atoms with Crippen LogP contribution in [0.15, 0.2) is 0 Å². The summed E-state index contributed by atoms with van der Waals surface area (Å²) in [7, 11) is -3.09. The summed E-state index contributed by atoms with van der Waals surface area (Å²) in [5.74, 6) is 0.130. The number of sulfonamides is 1. The van der Waals surface area contributed by atoms with E-state index in [0.29, 0.717) is 0 Å². The minimum Gasteiger partial charge on any atom is -0.374 e. The van der Waals surface area contributed by atoms with Gasteiger partial charge in [0.1, 0.15) is 0 Å². The highest BCUT2D eigenvalue weighted by molar-refractivity contribution is 7.89. The van der Waals surface area contributed by atoms with E-state index in [4.69, 9.17) is 4.74 Å². The van der Waals surface area contributed by atoms with Crippen LogP contribution in [0.4, 0.5) is 0 Å². The third kappa shape index (κ3) is 2.93. The van der Waals surface area contributed by atoms with Crippen LogP contribution in [0.3, 0.4) is 0 Å². The summed E-state index contributed by atoms with van der Waals surface area (Å²) in [5, 5.41) is 0. The topological polar surface area (TPSA) is 55.4 Å². The van der Waals surface area contributed by atoms with Crippen molar-refractivity contribution in [1.29, 1.82) is 0 Å². The van der Waals surface area contributed by atoms with E-state index in [1.807, 2.05) is 13.8 Å². The Hall–Kier alpha value is -0.130. The molecule has 0 amide bonds. The van der Waals surface area contributed by atoms with Gasteiger partial charge in [-0.25, -0.2) is 13.1 Å². The zero-order valence-electron chi connectivity index (χ0n) is 8.28. The molecule has 1 heterocycles. The summed E-state index contributed by atoms with van der Waals surface area (Å²) in [6.07, 6.45) is 0.899. The Morgan fingerprint density at radius 3 is 2.46 bits per heavy atom. The van der Waals surface area contributed by atoms with Crippen molar-refractivity contribution >= 4 is 10.0 Å². The molecule has 1 aliphatic rings. The molecule has 5 heteroatoms. The fourth-order valence-electron chi connectivity index (χ4n) is 1.52. The van der Waals surface area contributed by atoms with Gasteiger partial charge in [0.2, 0.25) is 10.0 Å². The first-order valence-corrected chi connectivity index (χ1v) is 6.25. The van der Waals surface area contributed by atoms with Crippen LogP contribution in [0.1, 0.15) is 27.2 Å². The lowest BCUT2D eigenvalue weighted by atomic mass is 10.1. The molecule has 3 unspecified atom stereocenters. The van der Waals surface area contributed by atoms with Gasteiger partial charge in [0.15, 0.2) is 0 Å². The normalized spacial score (nSPS) is 35.2. The van der Waals surface area contributed by atoms with Crippen molar-refractivity contribution in [2.75, 3.05) is 5.75 Å². The second kappa shape index (κ2) is 3.94. The molecule has 1 saturated heterocycles. The summed E-state index contributed by atoms with van der Waals surface area (Å²) >= 11 is 0. The molecule has 0 radical (unpaired) electrons. The molecule has 0 aromatic heterocycles. The predicted molar refractivity (Wildman–Crippen MR) is 51.0 cm³/mol. The SMILES string of the molecule is CCS(=O)(=O)NC1CC(C)OC1C. The van der Waals surface area contributed by atoms with E-state index < -0.39 is 10.0 Å². The third-order valence-corrected chi connectivity index (χ3v) is 3.73. The molecular formula is C8H17NO3S. The first-order valence-electron chi connectivity index (χ1n) is 4.60. The Kier molecular flexibility index (Phi) is 3.32. The minimum atomic E-state index is -3.09. The van der Waals surface area contributed by atoms with Crippen LogP contribution < -0.4 is 4.72 Å². The third-order valence-electron chi connectivity index (χ3n) is 2.31. The molecule has 13 heavy (non-hydrogen) atoms. The van der Waals surface area contributed by atoms with E-state index in [1.165, 1.54) is 0 Å². The minimum absolute atomic E-state index is 0.0173. The van der Waals surface area contributed by atoms with Gasteiger partial charge >= 0.3 is 0 Å². The Morgan fingerprint density at radius 1 is 1.46 bits per heavy atom. The zero-order valence-corrected chi connectivity index (χ0v) is 9.10. The van der Waals surface area contributed by atoms with Gasteiger partial charge < -0.3 is 4.74 Å². The monoisotopic (exact) mass is 207 g/mol. The van der Waals surface area contributed by atoms with Gasteiger partial charge in [-0.15, -0.1) is 0 Å². The number of rotatable bonds is 3. The van der Waals surface area contributed by atoms with Crippen LogP contribution in [0.25, 0.3) is 0 Å². The fraction of sp³-hybridized carbons (Fsp3) is 1.00. The maximum Gasteiger partial charge on any atom is 0.211 e. The van der Waals surface area contributed by atoms with Gasteiger partial charge in [-0.1, -0.05) is 0 Å². The van der Waals surface area contributed by atoms with Crippen molar-refractivity contribution in [3.8, 4) is 0 Å². The second-order valence-corrected chi connectivity index (χ2v) is 5.56. The number of hydrogen-bond acceptors (Lipinski definition) is 3. The van der Waals surface area contributed by atoms with Crippen molar-refractivity contribution in [1.82, 2.24) is 4.72 Å². The van der Waals surface area contributed by atoms with Gasteiger partial charge in [0.05, 0.1) is 24.0 Å². The molecule has 0 aromatic rings. The second-order valence-electron chi connectivity index (χ2n) is 3.52. The molecule has 0 aliphatic carbocycles. The molecule has 1 fully saturated rings. The summed E-state index contributed by atoms with van der Waals surface area (Å²) in [5.41, 5.74) is 0. The van der Waals surface area contributed by atoms with Crippen molar-refractivity contribution in [3.05, 3.63) is 0 Å². The fourth-order valence-corrected chi connectivity index (χ4v) is 2.44. The van der Waals surface area contributed by atoms with Crippen LogP contribution >= 0.6 is 0 Å². The van der Waals surface area contributed by atoms with Crippen molar-refractivity contribution < 1.29 is 13.2 Å². The first-order chi connectivity index (χ1) is 5.94. The molecule has 1 N–H and O–H groups in total. The van der Waals surface area contributed by atoms with Crippen molar-refractivity contribution in [3.63, 3.8) is 0 Å². The predicted octanol–water partition coefficient (Wildman–Crippen LogP) is 0.492. The van der Waals surface area contributed by atoms with E-state index in [-0.39, 0.29) is 24.0 Å². The lowest BCUT2D eigenvalue weighted by Gasteiger charge is -2.14. The summed E-state index contributed by atoms with van der Waals surface area (Å²) < 4.78 is 30.6. The summed E-state index contributed by atoms with van der Waals surface area (Å²) in [4.78, 5) is 0. The molecule has 1 aliphatic heterocycles. The number of nitrogens with one attached hydrogen (secondary N) is 1. The Morgan fingerprint density at radius 2 is 2.08 bits per heavy atom. The van der Waals surface area contributed by atoms with E-state index in [0.717, 1.165) is 6.42 Å². The quantitative estimate of drug-likeness (QED) is 0.733. The number of hydrogen-bond donors (Lipinski definition) is 1. The molecule has 0 bridgehead atoms. The largest absolute Gasteiger partial charge is 0.374 e. The highest BCUT2D eigenvalue weighted by atomic mass is 32.2. The van der Waals surface area contributed by atoms with Gasteiger partial charge in [-0.2, -0.15) is 0 Å². The Labute approximate surface area is 79.7 Å². The van der Waals surface area contributed by atoms with Gasteiger partial charge in [0.25, 0.3) is 0 Å². The van der Waals surface area contributed by atoms with Crippen LogP contribution in [-0.2, 0) is 14.8 Å². The molecule has 0 aromatic carbocycles. The molecule has 3 atom stereocenters. The summed E-state index contributed by atoms with van der Waals surface area (Å²) in [6.45, 7) is 5.48. The van der Waals surface area contributed by atoms with Crippen LogP contribution in [0.2, 0.25) is 0 Å². The molecule has 0 saturated carbocycles. The average Bonchev–Trinajstić information content (AvgIpc) is 2.30. The van der Waals surface area contributed by atoms with E-state index >= 15 is 0 Å². The van der Waals surface area contributed by atoms with Crippen LogP contribution in [0.5, 0.6) is 0 Å².